The summed E-state index contributed by atoms with van der Waals surface area (Å²) in [6.07, 6.45) is 3.91. The Kier molecular flexibility index (Phi) is 25.6. The molecule has 13 heteroatoms. The first-order valence-electron chi connectivity index (χ1n) is 16.5. The minimum atomic E-state index is -0.406. The van der Waals surface area contributed by atoms with Crippen molar-refractivity contribution in [2.45, 2.75) is 0 Å². The zero-order valence-electron chi connectivity index (χ0n) is 29.2. The van der Waals surface area contributed by atoms with E-state index < -0.39 is 5.97 Å². The van der Waals surface area contributed by atoms with Gasteiger partial charge in [-0.15, -0.1) is 0 Å². The van der Waals surface area contributed by atoms with E-state index in [0.29, 0.717) is 129 Å². The van der Waals surface area contributed by atoms with Crippen molar-refractivity contribution in [1.29, 1.82) is 0 Å². The maximum absolute atomic E-state index is 12.4. The summed E-state index contributed by atoms with van der Waals surface area (Å²) >= 11 is 0. The Morgan fingerprint density at radius 2 is 0.837 bits per heavy atom. The number of esters is 1. The first-order valence-corrected chi connectivity index (χ1v) is 16.5. The molecule has 0 aromatic heterocycles. The number of hydrogen-bond acceptors (Lipinski definition) is 13. The van der Waals surface area contributed by atoms with Gasteiger partial charge >= 0.3 is 5.97 Å². The Morgan fingerprint density at radius 1 is 0.449 bits per heavy atom. The molecule has 0 amide bonds. The second-order valence-electron chi connectivity index (χ2n) is 10.1. The van der Waals surface area contributed by atoms with Crippen molar-refractivity contribution in [1.82, 2.24) is 0 Å². The van der Waals surface area contributed by atoms with Crippen molar-refractivity contribution in [3.05, 3.63) is 59.2 Å². The van der Waals surface area contributed by atoms with Gasteiger partial charge in [0.1, 0.15) is 19.8 Å². The van der Waals surface area contributed by atoms with Crippen LogP contribution in [0.25, 0.3) is 12.2 Å². The monoisotopic (exact) mass is 694 g/mol. The van der Waals surface area contributed by atoms with E-state index in [9.17, 15) is 4.79 Å². The Balaban J connectivity index is 1.84. The molecule has 0 radical (unpaired) electrons. The largest absolute Gasteiger partial charge is 0.487 e. The fourth-order valence-electron chi connectivity index (χ4n) is 3.87. The van der Waals surface area contributed by atoms with Gasteiger partial charge in [0.2, 0.25) is 0 Å². The van der Waals surface area contributed by atoms with Crippen molar-refractivity contribution in [3.63, 3.8) is 0 Å². The fourth-order valence-corrected chi connectivity index (χ4v) is 3.87. The highest BCUT2D eigenvalue weighted by molar-refractivity contribution is 5.89. The molecule has 0 heterocycles. The molecule has 0 spiro atoms. The zero-order chi connectivity index (χ0) is 35.0. The molecule has 0 fully saturated rings. The van der Waals surface area contributed by atoms with Gasteiger partial charge in [0.05, 0.1) is 105 Å². The minimum Gasteiger partial charge on any atom is -0.487 e. The van der Waals surface area contributed by atoms with Crippen LogP contribution in [0.15, 0.2) is 42.5 Å². The topological polar surface area (TPSA) is 128 Å². The number of hydrogen-bond donors (Lipinski definition) is 0. The van der Waals surface area contributed by atoms with Gasteiger partial charge < -0.3 is 56.8 Å². The van der Waals surface area contributed by atoms with Crippen LogP contribution in [0.1, 0.15) is 21.5 Å². The molecule has 0 saturated heterocycles. The molecule has 2 rings (SSSR count). The van der Waals surface area contributed by atoms with E-state index in [-0.39, 0.29) is 6.61 Å². The van der Waals surface area contributed by atoms with Crippen molar-refractivity contribution in [3.8, 4) is 11.5 Å². The molecule has 0 aliphatic heterocycles. The molecule has 0 bridgehead atoms. The second kappa shape index (κ2) is 29.8. The van der Waals surface area contributed by atoms with Crippen LogP contribution in [0, 0.1) is 0 Å². The molecule has 0 atom stereocenters. The molecule has 276 valence electrons. The molecule has 0 aliphatic carbocycles. The second-order valence-corrected chi connectivity index (χ2v) is 10.1. The lowest BCUT2D eigenvalue weighted by molar-refractivity contribution is 0.00570. The Morgan fingerprint density at radius 3 is 1.33 bits per heavy atom. The Bertz CT molecular complexity index is 1110. The molecule has 0 saturated carbocycles. The predicted octanol–water partition coefficient (Wildman–Crippen LogP) is 3.81. The highest BCUT2D eigenvalue weighted by atomic mass is 16.6. The number of carbonyl (C=O) groups excluding carboxylic acids is 1. The molecular formula is C36H54O13. The third kappa shape index (κ3) is 21.6. The van der Waals surface area contributed by atoms with Gasteiger partial charge in [-0.1, -0.05) is 30.4 Å². The van der Waals surface area contributed by atoms with Gasteiger partial charge in [0.25, 0.3) is 0 Å². The van der Waals surface area contributed by atoms with Crippen LogP contribution < -0.4 is 9.47 Å². The summed E-state index contributed by atoms with van der Waals surface area (Å²) in [7, 11) is 4.89. The molecule has 0 aliphatic rings. The highest BCUT2D eigenvalue weighted by Crippen LogP contribution is 2.29. The molecule has 0 N–H and O–H groups in total. The molecular weight excluding hydrogens is 640 g/mol. The summed E-state index contributed by atoms with van der Waals surface area (Å²) in [6, 6.07) is 12.9. The van der Waals surface area contributed by atoms with Gasteiger partial charge in [0, 0.05) is 21.3 Å². The summed E-state index contributed by atoms with van der Waals surface area (Å²) in [5.41, 5.74) is 2.29. The maximum Gasteiger partial charge on any atom is 0.338 e. The molecule has 13 nitrogen and oxygen atoms in total. The van der Waals surface area contributed by atoms with E-state index in [4.69, 9.17) is 56.8 Å². The van der Waals surface area contributed by atoms with E-state index in [1.165, 1.54) is 0 Å². The highest BCUT2D eigenvalue weighted by Gasteiger charge is 2.09. The molecule has 49 heavy (non-hydrogen) atoms. The van der Waals surface area contributed by atoms with E-state index in [2.05, 4.69) is 0 Å². The maximum atomic E-state index is 12.4. The normalized spacial score (nSPS) is 11.3. The lowest BCUT2D eigenvalue weighted by Crippen LogP contribution is -2.14. The lowest BCUT2D eigenvalue weighted by atomic mass is 10.1. The van der Waals surface area contributed by atoms with E-state index in [1.54, 1.807) is 33.5 Å². The van der Waals surface area contributed by atoms with Crippen molar-refractivity contribution < 1.29 is 61.6 Å². The van der Waals surface area contributed by atoms with Crippen LogP contribution in [0.3, 0.4) is 0 Å². The average molecular weight is 695 g/mol. The van der Waals surface area contributed by atoms with Crippen LogP contribution in [0.4, 0.5) is 0 Å². The number of carbonyl (C=O) groups is 1. The zero-order valence-corrected chi connectivity index (χ0v) is 29.2. The minimum absolute atomic E-state index is 0.162. The van der Waals surface area contributed by atoms with Crippen molar-refractivity contribution in [2.75, 3.05) is 140 Å². The summed E-state index contributed by atoms with van der Waals surface area (Å²) < 4.78 is 64.9. The van der Waals surface area contributed by atoms with Crippen LogP contribution in [-0.4, -0.2) is 146 Å². The fraction of sp³-hybridized carbons (Fsp3) is 0.583. The summed E-state index contributed by atoms with van der Waals surface area (Å²) in [5, 5.41) is 0. The van der Waals surface area contributed by atoms with Crippen LogP contribution in [-0.2, 0) is 47.4 Å². The van der Waals surface area contributed by atoms with E-state index in [1.807, 2.05) is 42.5 Å². The quantitative estimate of drug-likeness (QED) is 0.0626. The van der Waals surface area contributed by atoms with Crippen molar-refractivity contribution >= 4 is 18.1 Å². The summed E-state index contributed by atoms with van der Waals surface area (Å²) in [5.74, 6) is 0.783. The van der Waals surface area contributed by atoms with Gasteiger partial charge in [-0.3, -0.25) is 0 Å². The third-order valence-corrected chi connectivity index (χ3v) is 6.43. The lowest BCUT2D eigenvalue weighted by Gasteiger charge is -2.14. The Labute approximate surface area is 290 Å². The SMILES string of the molecule is COCCOCCOCCOC(=O)c1ccc(C=Cc2ccc(OCCOCCOCCOC)c(OCCOCCOCCOC)c2)cc1. The number of rotatable bonds is 32. The summed E-state index contributed by atoms with van der Waals surface area (Å²) in [6.45, 7) is 7.97. The van der Waals surface area contributed by atoms with Crippen LogP contribution >= 0.6 is 0 Å². The number of methoxy groups -OCH3 is 3. The molecule has 2 aromatic rings. The standard InChI is InChI=1S/C36H54O13/c1-38-12-15-41-18-21-44-24-27-47-34-11-8-32(30-35(34)48-28-25-45-22-19-42-16-13-39-2)5-4-31-6-9-33(10-7-31)36(37)49-29-26-46-23-20-43-17-14-40-3/h4-11,30H,12-29H2,1-3H3. The van der Waals surface area contributed by atoms with Gasteiger partial charge in [-0.25, -0.2) is 4.79 Å². The summed E-state index contributed by atoms with van der Waals surface area (Å²) in [4.78, 5) is 12.4. The smallest absolute Gasteiger partial charge is 0.338 e. The van der Waals surface area contributed by atoms with Gasteiger partial charge in [0.15, 0.2) is 11.5 Å². The van der Waals surface area contributed by atoms with Gasteiger partial charge in [-0.05, 0) is 35.4 Å². The van der Waals surface area contributed by atoms with Crippen molar-refractivity contribution in [2.24, 2.45) is 0 Å². The predicted molar refractivity (Wildman–Crippen MR) is 184 cm³/mol. The first kappa shape index (κ1) is 42.1. The molecule has 2 aromatic carbocycles. The van der Waals surface area contributed by atoms with Gasteiger partial charge in [-0.2, -0.15) is 0 Å². The van der Waals surface area contributed by atoms with E-state index in [0.717, 1.165) is 11.1 Å². The Hall–Kier alpha value is -3.11. The number of ether oxygens (including phenoxy) is 12. The van der Waals surface area contributed by atoms with E-state index >= 15 is 0 Å². The van der Waals surface area contributed by atoms with Crippen LogP contribution in [0.2, 0.25) is 0 Å². The third-order valence-electron chi connectivity index (χ3n) is 6.43. The number of benzene rings is 2. The first-order chi connectivity index (χ1) is 24.2. The average Bonchev–Trinajstić information content (AvgIpc) is 3.12. The molecule has 0 unspecified atom stereocenters. The van der Waals surface area contributed by atoms with Crippen LogP contribution in [0.5, 0.6) is 11.5 Å².